The molecule has 5 heteroatoms. The van der Waals surface area contributed by atoms with Crippen LogP contribution in [0.15, 0.2) is 60.9 Å². The van der Waals surface area contributed by atoms with Gasteiger partial charge in [0.05, 0.1) is 0 Å². The van der Waals surface area contributed by atoms with Crippen molar-refractivity contribution in [2.75, 3.05) is 0 Å². The first-order chi connectivity index (χ1) is 17.5. The number of hydrogen-bond acceptors (Lipinski definition) is 4. The van der Waals surface area contributed by atoms with Crippen molar-refractivity contribution >= 4 is 12.0 Å². The Morgan fingerprint density at radius 1 is 1.03 bits per heavy atom. The summed E-state index contributed by atoms with van der Waals surface area (Å²) in [7, 11) is 0. The number of benzene rings is 2. The van der Waals surface area contributed by atoms with Crippen LogP contribution in [0.3, 0.4) is 0 Å². The summed E-state index contributed by atoms with van der Waals surface area (Å²) in [5.74, 6) is 3.18. The van der Waals surface area contributed by atoms with Gasteiger partial charge in [-0.15, -0.1) is 0 Å². The molecule has 4 aliphatic rings. The second-order valence-corrected chi connectivity index (χ2v) is 11.1. The van der Waals surface area contributed by atoms with Crippen molar-refractivity contribution in [3.05, 3.63) is 83.2 Å². The summed E-state index contributed by atoms with van der Waals surface area (Å²) in [5, 5.41) is 8.89. The Kier molecular flexibility index (Phi) is 5.87. The molecular formula is C31H32N2O3. The molecule has 1 heterocycles. The van der Waals surface area contributed by atoms with Crippen LogP contribution < -0.4 is 4.74 Å². The fourth-order valence-corrected chi connectivity index (χ4v) is 7.36. The number of aliphatic carboxylic acids is 1. The molecule has 4 bridgehead atoms. The molecule has 4 fully saturated rings. The van der Waals surface area contributed by atoms with Gasteiger partial charge in [0.2, 0.25) is 0 Å². The van der Waals surface area contributed by atoms with Crippen molar-refractivity contribution < 1.29 is 14.6 Å². The van der Waals surface area contributed by atoms with E-state index >= 15 is 0 Å². The van der Waals surface area contributed by atoms with E-state index in [4.69, 9.17) is 9.84 Å². The largest absolute Gasteiger partial charge is 0.489 e. The molecule has 2 aromatic carbocycles. The van der Waals surface area contributed by atoms with E-state index in [1.54, 1.807) is 12.4 Å². The molecule has 1 N–H and O–H groups in total. The first-order valence-corrected chi connectivity index (χ1v) is 13.0. The number of carbonyl (C=O) groups is 1. The molecule has 184 valence electrons. The lowest BCUT2D eigenvalue weighted by atomic mass is 9.48. The van der Waals surface area contributed by atoms with Crippen LogP contribution in [-0.4, -0.2) is 21.0 Å². The van der Waals surface area contributed by atoms with Crippen molar-refractivity contribution in [2.24, 2.45) is 17.8 Å². The molecule has 4 saturated carbocycles. The first kappa shape index (κ1) is 23.0. The van der Waals surface area contributed by atoms with Gasteiger partial charge in [-0.3, -0.25) is 0 Å². The highest BCUT2D eigenvalue weighted by molar-refractivity contribution is 5.85. The summed E-state index contributed by atoms with van der Waals surface area (Å²) < 4.78 is 6.55. The Morgan fingerprint density at radius 3 is 2.28 bits per heavy atom. The molecule has 4 aliphatic carbocycles. The molecule has 0 atom stereocenters. The molecule has 36 heavy (non-hydrogen) atoms. The van der Waals surface area contributed by atoms with E-state index in [1.165, 1.54) is 55.7 Å². The highest BCUT2D eigenvalue weighted by Gasteiger charge is 2.52. The van der Waals surface area contributed by atoms with Crippen LogP contribution in [0.25, 0.3) is 17.5 Å². The maximum Gasteiger partial charge on any atom is 0.328 e. The van der Waals surface area contributed by atoms with E-state index in [9.17, 15) is 4.79 Å². The average molecular weight is 481 g/mol. The molecule has 0 radical (unpaired) electrons. The minimum atomic E-state index is -0.985. The van der Waals surface area contributed by atoms with Crippen LogP contribution in [-0.2, 0) is 16.8 Å². The van der Waals surface area contributed by atoms with Crippen molar-refractivity contribution in [2.45, 2.75) is 57.5 Å². The third kappa shape index (κ3) is 4.43. The summed E-state index contributed by atoms with van der Waals surface area (Å²) in [6, 6.07) is 14.9. The molecule has 0 amide bonds. The molecule has 7 rings (SSSR count). The van der Waals surface area contributed by atoms with Crippen LogP contribution in [0.2, 0.25) is 0 Å². The molecule has 0 spiro atoms. The monoisotopic (exact) mass is 480 g/mol. The van der Waals surface area contributed by atoms with Gasteiger partial charge in [-0.05, 0) is 98.0 Å². The lowest BCUT2D eigenvalue weighted by Gasteiger charge is -2.57. The summed E-state index contributed by atoms with van der Waals surface area (Å²) >= 11 is 0. The minimum absolute atomic E-state index is 0.174. The predicted molar refractivity (Wildman–Crippen MR) is 139 cm³/mol. The topological polar surface area (TPSA) is 72.3 Å². The van der Waals surface area contributed by atoms with Gasteiger partial charge < -0.3 is 9.84 Å². The Hall–Kier alpha value is -3.47. The number of carboxylic acids is 1. The Labute approximate surface area is 212 Å². The summed E-state index contributed by atoms with van der Waals surface area (Å²) in [6.45, 7) is 2.65. The maximum atomic E-state index is 10.8. The van der Waals surface area contributed by atoms with Gasteiger partial charge in [0, 0.05) is 35.2 Å². The fraction of sp³-hybridized carbons (Fsp3) is 0.387. The first-order valence-electron chi connectivity index (χ1n) is 13.0. The van der Waals surface area contributed by atoms with Crippen molar-refractivity contribution in [1.29, 1.82) is 0 Å². The van der Waals surface area contributed by atoms with E-state index in [0.717, 1.165) is 40.7 Å². The van der Waals surface area contributed by atoms with E-state index < -0.39 is 5.97 Å². The summed E-state index contributed by atoms with van der Waals surface area (Å²) in [4.78, 5) is 20.0. The number of hydrogen-bond donors (Lipinski definition) is 1. The lowest BCUT2D eigenvalue weighted by Crippen LogP contribution is -2.48. The van der Waals surface area contributed by atoms with Crippen molar-refractivity contribution in [1.82, 2.24) is 9.97 Å². The zero-order valence-electron chi connectivity index (χ0n) is 20.7. The lowest BCUT2D eigenvalue weighted by molar-refractivity contribution is -0.131. The Bertz CT molecular complexity index is 1260. The zero-order chi connectivity index (χ0) is 24.7. The van der Waals surface area contributed by atoms with Crippen molar-refractivity contribution in [3.63, 3.8) is 0 Å². The molecule has 0 saturated heterocycles. The quantitative estimate of drug-likeness (QED) is 0.386. The van der Waals surface area contributed by atoms with Gasteiger partial charge in [-0.1, -0.05) is 30.3 Å². The van der Waals surface area contributed by atoms with Crippen LogP contribution in [0.1, 0.15) is 60.8 Å². The second kappa shape index (κ2) is 9.20. The number of carboxylic acid groups (broad SMARTS) is 1. The van der Waals surface area contributed by atoms with Gasteiger partial charge in [0.25, 0.3) is 0 Å². The number of ether oxygens (including phenoxy) is 1. The molecule has 0 unspecified atom stereocenters. The van der Waals surface area contributed by atoms with Gasteiger partial charge in [-0.2, -0.15) is 0 Å². The standard InChI is InChI=1S/C31H32N2O3/c1-20-9-28(36-19-21-5-3-2-4-6-21)27(31-14-23-10-24(15-31)12-25(11-23)16-31)13-26(20)30-32-17-22(18-33-30)7-8-29(34)35/h2-9,13,17-18,23-25H,10-12,14-16,19H2,1H3,(H,34,35)/b8-7+. The van der Waals surface area contributed by atoms with E-state index in [2.05, 4.69) is 53.3 Å². The number of aryl methyl sites for hydroxylation is 1. The molecule has 1 aromatic heterocycles. The van der Waals surface area contributed by atoms with Crippen LogP contribution in [0.5, 0.6) is 5.75 Å². The van der Waals surface area contributed by atoms with Crippen molar-refractivity contribution in [3.8, 4) is 17.1 Å². The van der Waals surface area contributed by atoms with Crippen LogP contribution >= 0.6 is 0 Å². The summed E-state index contributed by atoms with van der Waals surface area (Å²) in [5.41, 5.74) is 5.46. The molecule has 3 aromatic rings. The number of aromatic nitrogens is 2. The Balaban J connectivity index is 1.39. The van der Waals surface area contributed by atoms with E-state index in [1.807, 2.05) is 6.07 Å². The highest BCUT2D eigenvalue weighted by atomic mass is 16.5. The molecule has 5 nitrogen and oxygen atoms in total. The normalized spacial score (nSPS) is 26.4. The average Bonchev–Trinajstić information content (AvgIpc) is 2.86. The van der Waals surface area contributed by atoms with E-state index in [0.29, 0.717) is 18.0 Å². The smallest absolute Gasteiger partial charge is 0.328 e. The molecular weight excluding hydrogens is 448 g/mol. The Morgan fingerprint density at radius 2 is 1.67 bits per heavy atom. The minimum Gasteiger partial charge on any atom is -0.489 e. The zero-order valence-corrected chi connectivity index (χ0v) is 20.7. The highest BCUT2D eigenvalue weighted by Crippen LogP contribution is 2.62. The van der Waals surface area contributed by atoms with E-state index in [-0.39, 0.29) is 5.41 Å². The maximum absolute atomic E-state index is 10.8. The number of rotatable bonds is 7. The van der Waals surface area contributed by atoms with Gasteiger partial charge in [0.15, 0.2) is 5.82 Å². The fourth-order valence-electron chi connectivity index (χ4n) is 7.36. The third-order valence-corrected chi connectivity index (χ3v) is 8.50. The summed E-state index contributed by atoms with van der Waals surface area (Å²) in [6.07, 6.45) is 13.9. The van der Waals surface area contributed by atoms with Crippen LogP contribution in [0.4, 0.5) is 0 Å². The van der Waals surface area contributed by atoms with Crippen LogP contribution in [0, 0.1) is 24.7 Å². The van der Waals surface area contributed by atoms with Gasteiger partial charge in [0.1, 0.15) is 12.4 Å². The number of nitrogens with zero attached hydrogens (tertiary/aromatic N) is 2. The SMILES string of the molecule is Cc1cc(OCc2ccccc2)c(C23CC4CC(CC(C4)C2)C3)cc1-c1ncc(/C=C/C(=O)O)cn1. The second-order valence-electron chi connectivity index (χ2n) is 11.1. The molecule has 0 aliphatic heterocycles. The van der Waals surface area contributed by atoms with Gasteiger partial charge >= 0.3 is 5.97 Å². The van der Waals surface area contributed by atoms with Gasteiger partial charge in [-0.25, -0.2) is 14.8 Å². The third-order valence-electron chi connectivity index (χ3n) is 8.50. The predicted octanol–water partition coefficient (Wildman–Crippen LogP) is 6.60.